The van der Waals surface area contributed by atoms with Gasteiger partial charge in [-0.25, -0.2) is 4.98 Å². The van der Waals surface area contributed by atoms with Crippen LogP contribution in [0.4, 0.5) is 5.13 Å². The van der Waals surface area contributed by atoms with Crippen molar-refractivity contribution < 1.29 is 14.3 Å². The van der Waals surface area contributed by atoms with Gasteiger partial charge < -0.3 is 15.0 Å². The van der Waals surface area contributed by atoms with Gasteiger partial charge in [-0.15, -0.1) is 11.3 Å². The fourth-order valence-corrected chi connectivity index (χ4v) is 3.24. The molecule has 0 saturated heterocycles. The number of hydrogen-bond acceptors (Lipinski definition) is 5. The Hall–Kier alpha value is -1.67. The maximum Gasteiger partial charge on any atom is 0.255 e. The van der Waals surface area contributed by atoms with E-state index >= 15 is 0 Å². The van der Waals surface area contributed by atoms with Gasteiger partial charge in [-0.3, -0.25) is 9.59 Å². The van der Waals surface area contributed by atoms with E-state index in [1.54, 1.807) is 23.7 Å². The fraction of sp³-hybridized carbons (Fsp3) is 0.353. The summed E-state index contributed by atoms with van der Waals surface area (Å²) < 4.78 is 5.31. The monoisotopic (exact) mass is 415 g/mol. The van der Waals surface area contributed by atoms with Gasteiger partial charge in [0.15, 0.2) is 5.13 Å². The molecule has 1 N–H and O–H groups in total. The summed E-state index contributed by atoms with van der Waals surface area (Å²) >= 11 is 13.3. The van der Waals surface area contributed by atoms with E-state index in [1.807, 2.05) is 6.92 Å². The highest BCUT2D eigenvalue weighted by Gasteiger charge is 2.21. The van der Waals surface area contributed by atoms with Gasteiger partial charge in [-0.2, -0.15) is 0 Å². The molecule has 6 nitrogen and oxygen atoms in total. The van der Waals surface area contributed by atoms with Crippen LogP contribution in [-0.2, 0) is 9.53 Å². The van der Waals surface area contributed by atoms with Crippen molar-refractivity contribution in [3.05, 3.63) is 45.4 Å². The van der Waals surface area contributed by atoms with Gasteiger partial charge in [0.2, 0.25) is 5.91 Å². The normalized spacial score (nSPS) is 10.6. The molecule has 0 aliphatic rings. The number of benzene rings is 1. The number of hydrogen-bond donors (Lipinski definition) is 1. The van der Waals surface area contributed by atoms with E-state index in [0.29, 0.717) is 41.9 Å². The van der Waals surface area contributed by atoms with Gasteiger partial charge in [0.1, 0.15) is 6.54 Å². The summed E-state index contributed by atoms with van der Waals surface area (Å²) in [6, 6.07) is 4.65. The summed E-state index contributed by atoms with van der Waals surface area (Å²) in [7, 11) is 0. The van der Waals surface area contributed by atoms with E-state index in [0.717, 1.165) is 0 Å². The molecule has 26 heavy (non-hydrogen) atoms. The molecule has 2 rings (SSSR count). The van der Waals surface area contributed by atoms with Crippen molar-refractivity contribution in [3.8, 4) is 0 Å². The number of ether oxygens (including phenoxy) is 1. The zero-order valence-electron chi connectivity index (χ0n) is 14.2. The summed E-state index contributed by atoms with van der Waals surface area (Å²) in [5.41, 5.74) is 0.300. The molecule has 0 radical (unpaired) electrons. The molecule has 1 aromatic heterocycles. The predicted octanol–water partition coefficient (Wildman–Crippen LogP) is 3.96. The minimum atomic E-state index is -0.336. The minimum absolute atomic E-state index is 0.108. The lowest BCUT2D eigenvalue weighted by atomic mass is 10.2. The van der Waals surface area contributed by atoms with Gasteiger partial charge in [0, 0.05) is 36.4 Å². The van der Waals surface area contributed by atoms with E-state index in [1.165, 1.54) is 22.3 Å². The lowest BCUT2D eigenvalue weighted by molar-refractivity contribution is -0.116. The SMILES string of the molecule is CCOCCCN(CC(=O)Nc1nccs1)C(=O)c1ccc(Cl)cc1Cl. The number of amides is 2. The third-order valence-corrected chi connectivity index (χ3v) is 4.62. The van der Waals surface area contributed by atoms with E-state index in [4.69, 9.17) is 27.9 Å². The summed E-state index contributed by atoms with van der Waals surface area (Å²) in [5, 5.41) is 5.61. The molecule has 0 saturated carbocycles. The third-order valence-electron chi connectivity index (χ3n) is 3.38. The number of nitrogens with one attached hydrogen (secondary N) is 1. The van der Waals surface area contributed by atoms with Crippen LogP contribution < -0.4 is 5.32 Å². The Balaban J connectivity index is 2.08. The molecule has 0 aliphatic carbocycles. The van der Waals surface area contributed by atoms with Gasteiger partial charge in [-0.1, -0.05) is 23.2 Å². The summed E-state index contributed by atoms with van der Waals surface area (Å²) in [6.45, 7) is 3.26. The van der Waals surface area contributed by atoms with Crippen molar-refractivity contribution in [3.63, 3.8) is 0 Å². The molecule has 2 aromatic rings. The molecular weight excluding hydrogens is 397 g/mol. The van der Waals surface area contributed by atoms with Crippen LogP contribution in [0.25, 0.3) is 0 Å². The van der Waals surface area contributed by atoms with Crippen LogP contribution in [0.15, 0.2) is 29.8 Å². The van der Waals surface area contributed by atoms with E-state index in [9.17, 15) is 9.59 Å². The van der Waals surface area contributed by atoms with Crippen LogP contribution in [0, 0.1) is 0 Å². The summed E-state index contributed by atoms with van der Waals surface area (Å²) in [6.07, 6.45) is 2.20. The third kappa shape index (κ3) is 6.25. The Kier molecular flexibility index (Phi) is 8.31. The molecule has 0 aliphatic heterocycles. The average molecular weight is 416 g/mol. The van der Waals surface area contributed by atoms with Crippen molar-refractivity contribution in [1.82, 2.24) is 9.88 Å². The maximum absolute atomic E-state index is 12.8. The largest absolute Gasteiger partial charge is 0.382 e. The molecule has 140 valence electrons. The number of thiazole rings is 1. The lowest BCUT2D eigenvalue weighted by Gasteiger charge is -2.22. The number of nitrogens with zero attached hydrogens (tertiary/aromatic N) is 2. The average Bonchev–Trinajstić information content (AvgIpc) is 3.10. The van der Waals surface area contributed by atoms with Gasteiger partial charge >= 0.3 is 0 Å². The zero-order chi connectivity index (χ0) is 18.9. The van der Waals surface area contributed by atoms with Crippen molar-refractivity contribution in [2.45, 2.75) is 13.3 Å². The molecule has 0 unspecified atom stereocenters. The number of rotatable bonds is 9. The standard InChI is InChI=1S/C17H19Cl2N3O3S/c1-2-25-8-3-7-22(11-15(23)21-17-20-6-9-26-17)16(24)13-5-4-12(18)10-14(13)19/h4-6,9-10H,2-3,7-8,11H2,1H3,(H,20,21,23). The molecule has 0 bridgehead atoms. The van der Waals surface area contributed by atoms with Crippen LogP contribution in [0.3, 0.4) is 0 Å². The molecule has 0 fully saturated rings. The number of carbonyl (C=O) groups excluding carboxylic acids is 2. The fourth-order valence-electron chi connectivity index (χ4n) is 2.20. The van der Waals surface area contributed by atoms with Crippen LogP contribution in [0.5, 0.6) is 0 Å². The second-order valence-corrected chi connectivity index (χ2v) is 7.02. The van der Waals surface area contributed by atoms with Crippen LogP contribution >= 0.6 is 34.5 Å². The van der Waals surface area contributed by atoms with E-state index in [2.05, 4.69) is 10.3 Å². The van der Waals surface area contributed by atoms with Gasteiger partial charge in [0.25, 0.3) is 5.91 Å². The molecule has 0 spiro atoms. The Bertz CT molecular complexity index is 741. The Labute approximate surface area is 166 Å². The number of halogens is 2. The smallest absolute Gasteiger partial charge is 0.255 e. The van der Waals surface area contributed by atoms with E-state index in [-0.39, 0.29) is 23.4 Å². The molecular formula is C17H19Cl2N3O3S. The molecule has 2 amide bonds. The highest BCUT2D eigenvalue weighted by molar-refractivity contribution is 7.13. The quantitative estimate of drug-likeness (QED) is 0.629. The van der Waals surface area contributed by atoms with Crippen LogP contribution in [0.1, 0.15) is 23.7 Å². The highest BCUT2D eigenvalue weighted by atomic mass is 35.5. The molecule has 0 atom stereocenters. The Morgan fingerprint density at radius 3 is 2.81 bits per heavy atom. The van der Waals surface area contributed by atoms with Crippen molar-refractivity contribution in [2.75, 3.05) is 31.6 Å². The number of carbonyl (C=O) groups is 2. The second kappa shape index (κ2) is 10.5. The first kappa shape index (κ1) is 20.6. The highest BCUT2D eigenvalue weighted by Crippen LogP contribution is 2.22. The van der Waals surface area contributed by atoms with Crippen molar-refractivity contribution in [1.29, 1.82) is 0 Å². The molecule has 1 heterocycles. The zero-order valence-corrected chi connectivity index (χ0v) is 16.5. The van der Waals surface area contributed by atoms with Crippen LogP contribution in [0.2, 0.25) is 10.0 Å². The number of aromatic nitrogens is 1. The Morgan fingerprint density at radius 2 is 2.15 bits per heavy atom. The molecule has 1 aromatic carbocycles. The van der Waals surface area contributed by atoms with Crippen LogP contribution in [-0.4, -0.2) is 48.0 Å². The van der Waals surface area contributed by atoms with Crippen molar-refractivity contribution >= 4 is 51.5 Å². The summed E-state index contributed by atoms with van der Waals surface area (Å²) in [4.78, 5) is 30.5. The first-order valence-electron chi connectivity index (χ1n) is 8.02. The van der Waals surface area contributed by atoms with Gasteiger partial charge in [0.05, 0.1) is 10.6 Å². The maximum atomic E-state index is 12.8. The topological polar surface area (TPSA) is 71.5 Å². The first-order chi connectivity index (χ1) is 12.5. The number of anilines is 1. The Morgan fingerprint density at radius 1 is 1.35 bits per heavy atom. The van der Waals surface area contributed by atoms with Gasteiger partial charge in [-0.05, 0) is 31.5 Å². The van der Waals surface area contributed by atoms with Crippen molar-refractivity contribution in [2.24, 2.45) is 0 Å². The first-order valence-corrected chi connectivity index (χ1v) is 9.66. The minimum Gasteiger partial charge on any atom is -0.382 e. The predicted molar refractivity (Wildman–Crippen MR) is 104 cm³/mol. The lowest BCUT2D eigenvalue weighted by Crippen LogP contribution is -2.39. The molecule has 9 heteroatoms. The second-order valence-electron chi connectivity index (χ2n) is 5.29. The summed E-state index contributed by atoms with van der Waals surface area (Å²) in [5.74, 6) is -0.660. The van der Waals surface area contributed by atoms with E-state index < -0.39 is 0 Å².